The summed E-state index contributed by atoms with van der Waals surface area (Å²) in [6.45, 7) is 9.16. The van der Waals surface area contributed by atoms with Crippen molar-refractivity contribution in [2.24, 2.45) is 20.0 Å². The van der Waals surface area contributed by atoms with Crippen molar-refractivity contribution >= 4 is 59.2 Å². The van der Waals surface area contributed by atoms with Crippen LogP contribution in [0.3, 0.4) is 0 Å². The fourth-order valence-electron chi connectivity index (χ4n) is 3.21. The van der Waals surface area contributed by atoms with E-state index >= 15 is 0 Å². The molecule has 10 heteroatoms. The third-order valence-corrected chi connectivity index (χ3v) is 6.94. The lowest BCUT2D eigenvalue weighted by atomic mass is 10.4. The fraction of sp³-hybridized carbons (Fsp3) is 0.414. The quantitative estimate of drug-likeness (QED) is 0.125. The Hall–Kier alpha value is -2.89. The molecule has 0 amide bonds. The van der Waals surface area contributed by atoms with E-state index in [1.807, 2.05) is 55.9 Å². The third kappa shape index (κ3) is 13.6. The van der Waals surface area contributed by atoms with Gasteiger partial charge in [0.25, 0.3) is 0 Å². The van der Waals surface area contributed by atoms with Gasteiger partial charge in [-0.05, 0) is 63.1 Å². The molecule has 0 aliphatic heterocycles. The fourth-order valence-corrected chi connectivity index (χ4v) is 4.76. The average molecular weight is 568 g/mol. The van der Waals surface area contributed by atoms with Crippen molar-refractivity contribution in [1.82, 2.24) is 4.98 Å². The van der Waals surface area contributed by atoms with Gasteiger partial charge in [0.15, 0.2) is 11.6 Å². The Morgan fingerprint density at radius 1 is 0.667 bits per heavy atom. The molecule has 0 saturated carbocycles. The number of aryl methyl sites for hydroxylation is 1. The van der Waals surface area contributed by atoms with Crippen LogP contribution in [0.2, 0.25) is 0 Å². The number of thiophene rings is 2. The molecule has 0 saturated heterocycles. The number of rotatable bonds is 19. The van der Waals surface area contributed by atoms with Crippen LogP contribution >= 0.6 is 22.7 Å². The zero-order valence-corrected chi connectivity index (χ0v) is 24.3. The molecule has 0 bridgehead atoms. The summed E-state index contributed by atoms with van der Waals surface area (Å²) in [5, 5.41) is 0. The minimum atomic E-state index is 0.572. The maximum atomic E-state index is 5.61. The standard InChI is InChI=1S/C29H37N5O3S2/c1-3-32-28-7-4-8-29(34-28)33-23-27-12-11-26(39-27)22-31-14-6-16-36-18-20-37-19-17-35-15-5-13-30-21-25-10-9-24(2)38-25/h3-4,7-12,21-23H,5-6,13-20H2,1-2H3. The second-order valence-electron chi connectivity index (χ2n) is 8.30. The van der Waals surface area contributed by atoms with Crippen LogP contribution in [-0.2, 0) is 14.2 Å². The van der Waals surface area contributed by atoms with Crippen molar-refractivity contribution < 1.29 is 14.2 Å². The molecule has 0 fully saturated rings. The maximum Gasteiger partial charge on any atom is 0.154 e. The second-order valence-corrected chi connectivity index (χ2v) is 10.8. The van der Waals surface area contributed by atoms with Gasteiger partial charge in [0.05, 0.1) is 26.4 Å². The summed E-state index contributed by atoms with van der Waals surface area (Å²) in [6, 6.07) is 13.9. The SMILES string of the molecule is CC=Nc1cccc(N=Cc2ccc(C=NCCCOCCOCCOCCCN=Cc3ccc(C)s3)s2)n1. The van der Waals surface area contributed by atoms with Gasteiger partial charge < -0.3 is 14.2 Å². The van der Waals surface area contributed by atoms with Gasteiger partial charge in [-0.3, -0.25) is 9.98 Å². The molecule has 8 nitrogen and oxygen atoms in total. The highest BCUT2D eigenvalue weighted by Gasteiger charge is 1.98. The lowest BCUT2D eigenvalue weighted by Gasteiger charge is -2.06. The topological polar surface area (TPSA) is 90.0 Å². The Balaban J connectivity index is 1.13. The number of nitrogens with zero attached hydrogens (tertiary/aromatic N) is 5. The molecular formula is C29H37N5O3S2. The Labute approximate surface area is 239 Å². The molecule has 0 N–H and O–H groups in total. The van der Waals surface area contributed by atoms with E-state index in [4.69, 9.17) is 14.2 Å². The third-order valence-electron chi connectivity index (χ3n) is 5.05. The number of aliphatic imine (C=N–C) groups is 4. The Morgan fingerprint density at radius 2 is 1.21 bits per heavy atom. The largest absolute Gasteiger partial charge is 0.379 e. The molecule has 3 aromatic rings. The summed E-state index contributed by atoms with van der Waals surface area (Å²) < 4.78 is 16.7. The molecule has 0 spiro atoms. The molecule has 0 aliphatic carbocycles. The van der Waals surface area contributed by atoms with Gasteiger partial charge in [0.1, 0.15) is 0 Å². The normalized spacial score (nSPS) is 12.3. The Morgan fingerprint density at radius 3 is 1.79 bits per heavy atom. The molecule has 3 heterocycles. The van der Waals surface area contributed by atoms with Crippen molar-refractivity contribution in [3.8, 4) is 0 Å². The van der Waals surface area contributed by atoms with E-state index in [9.17, 15) is 0 Å². The van der Waals surface area contributed by atoms with Crippen LogP contribution in [0.1, 0.15) is 39.3 Å². The molecule has 0 atom stereocenters. The first-order valence-electron chi connectivity index (χ1n) is 13.1. The number of aromatic nitrogens is 1. The van der Waals surface area contributed by atoms with E-state index in [2.05, 4.69) is 44.0 Å². The van der Waals surface area contributed by atoms with Gasteiger partial charge in [-0.25, -0.2) is 15.0 Å². The van der Waals surface area contributed by atoms with Crippen LogP contribution < -0.4 is 0 Å². The van der Waals surface area contributed by atoms with E-state index in [-0.39, 0.29) is 0 Å². The zero-order chi connectivity index (χ0) is 27.4. The zero-order valence-electron chi connectivity index (χ0n) is 22.7. The van der Waals surface area contributed by atoms with Gasteiger partial charge in [0, 0.05) is 70.7 Å². The van der Waals surface area contributed by atoms with Crippen molar-refractivity contribution in [1.29, 1.82) is 0 Å². The molecule has 0 radical (unpaired) electrons. The lowest BCUT2D eigenvalue weighted by molar-refractivity contribution is 0.0143. The molecular weight excluding hydrogens is 530 g/mol. The van der Waals surface area contributed by atoms with Gasteiger partial charge in [-0.15, -0.1) is 22.7 Å². The first kappa shape index (κ1) is 30.6. The minimum absolute atomic E-state index is 0.572. The van der Waals surface area contributed by atoms with Crippen LogP contribution in [0.15, 0.2) is 62.4 Å². The number of pyridine rings is 1. The minimum Gasteiger partial charge on any atom is -0.379 e. The van der Waals surface area contributed by atoms with Gasteiger partial charge in [-0.2, -0.15) is 0 Å². The van der Waals surface area contributed by atoms with E-state index in [0.717, 1.165) is 35.7 Å². The molecule has 39 heavy (non-hydrogen) atoms. The molecule has 0 aromatic carbocycles. The Bertz CT molecular complexity index is 1200. The summed E-state index contributed by atoms with van der Waals surface area (Å²) >= 11 is 3.39. The van der Waals surface area contributed by atoms with Crippen LogP contribution in [0, 0.1) is 6.92 Å². The van der Waals surface area contributed by atoms with Gasteiger partial charge in [0.2, 0.25) is 0 Å². The lowest BCUT2D eigenvalue weighted by Crippen LogP contribution is -2.10. The maximum absolute atomic E-state index is 5.61. The number of hydrogen-bond acceptors (Lipinski definition) is 10. The molecule has 3 rings (SSSR count). The highest BCUT2D eigenvalue weighted by atomic mass is 32.1. The first-order valence-corrected chi connectivity index (χ1v) is 14.7. The van der Waals surface area contributed by atoms with E-state index in [0.29, 0.717) is 51.3 Å². The van der Waals surface area contributed by atoms with Crippen LogP contribution in [0.5, 0.6) is 0 Å². The van der Waals surface area contributed by atoms with Crippen molar-refractivity contribution in [2.75, 3.05) is 52.7 Å². The van der Waals surface area contributed by atoms with E-state index < -0.39 is 0 Å². The van der Waals surface area contributed by atoms with Crippen LogP contribution in [0.25, 0.3) is 0 Å². The van der Waals surface area contributed by atoms with Crippen LogP contribution in [-0.4, -0.2) is 82.6 Å². The molecule has 0 unspecified atom stereocenters. The molecule has 3 aromatic heterocycles. The number of ether oxygens (including phenoxy) is 3. The van der Waals surface area contributed by atoms with Crippen molar-refractivity contribution in [3.63, 3.8) is 0 Å². The van der Waals surface area contributed by atoms with E-state index in [1.165, 1.54) is 9.75 Å². The van der Waals surface area contributed by atoms with Gasteiger partial charge in [-0.1, -0.05) is 6.07 Å². The second kappa shape index (κ2) is 19.2. The summed E-state index contributed by atoms with van der Waals surface area (Å²) in [6.07, 6.45) is 9.15. The van der Waals surface area contributed by atoms with Crippen LogP contribution in [0.4, 0.5) is 11.6 Å². The summed E-state index contributed by atoms with van der Waals surface area (Å²) in [7, 11) is 0. The smallest absolute Gasteiger partial charge is 0.154 e. The first-order chi connectivity index (χ1) is 19.2. The van der Waals surface area contributed by atoms with E-state index in [1.54, 1.807) is 28.9 Å². The monoisotopic (exact) mass is 567 g/mol. The molecule has 208 valence electrons. The summed E-state index contributed by atoms with van der Waals surface area (Å²) in [5.74, 6) is 1.29. The summed E-state index contributed by atoms with van der Waals surface area (Å²) in [4.78, 5) is 26.6. The highest BCUT2D eigenvalue weighted by Crippen LogP contribution is 2.17. The van der Waals surface area contributed by atoms with Gasteiger partial charge >= 0.3 is 0 Å². The predicted octanol–water partition coefficient (Wildman–Crippen LogP) is 6.35. The van der Waals surface area contributed by atoms with Crippen molar-refractivity contribution in [2.45, 2.75) is 26.7 Å². The average Bonchev–Trinajstić information content (AvgIpc) is 3.58. The Kier molecular flexibility index (Phi) is 15.1. The predicted molar refractivity (Wildman–Crippen MR) is 165 cm³/mol. The summed E-state index contributed by atoms with van der Waals surface area (Å²) in [5.41, 5.74) is 0. The van der Waals surface area contributed by atoms with Crippen molar-refractivity contribution in [3.05, 3.63) is 62.0 Å². The highest BCUT2D eigenvalue weighted by molar-refractivity contribution is 7.15. The number of hydrogen-bond donors (Lipinski definition) is 0. The molecule has 0 aliphatic rings.